The van der Waals surface area contributed by atoms with Gasteiger partial charge in [0.15, 0.2) is 0 Å². The maximum Gasteiger partial charge on any atom is 0.490 e. The molecule has 0 aromatic carbocycles. The Morgan fingerprint density at radius 3 is 3.00 bits per heavy atom. The van der Waals surface area contributed by atoms with E-state index in [2.05, 4.69) is 4.98 Å². The van der Waals surface area contributed by atoms with Gasteiger partial charge in [-0.2, -0.15) is 0 Å². The Morgan fingerprint density at radius 2 is 2.23 bits per heavy atom. The van der Waals surface area contributed by atoms with Gasteiger partial charge in [-0.25, -0.2) is 0 Å². The molecule has 1 aliphatic heterocycles. The Kier molecular flexibility index (Phi) is 2.04. The van der Waals surface area contributed by atoms with Crippen molar-refractivity contribution in [1.82, 2.24) is 4.98 Å². The molecule has 4 nitrogen and oxygen atoms in total. The van der Waals surface area contributed by atoms with Crippen molar-refractivity contribution in [1.29, 1.82) is 0 Å². The van der Waals surface area contributed by atoms with Crippen LogP contribution >= 0.6 is 0 Å². The summed E-state index contributed by atoms with van der Waals surface area (Å²) in [6, 6.07) is 0. The van der Waals surface area contributed by atoms with E-state index in [1.165, 1.54) is 6.20 Å². The molecule has 2 N–H and O–H groups in total. The Morgan fingerprint density at radius 1 is 1.38 bits per heavy atom. The smallest absolute Gasteiger partial charge is 0.487 e. The predicted molar refractivity (Wildman–Crippen MR) is 48.6 cm³/mol. The van der Waals surface area contributed by atoms with Crippen molar-refractivity contribution in [2.24, 2.45) is 0 Å². The lowest BCUT2D eigenvalue weighted by atomic mass is 9.78. The normalized spacial score (nSPS) is 13.4. The Hall–Kier alpha value is -1.33. The van der Waals surface area contributed by atoms with E-state index in [0.717, 1.165) is 0 Å². The molecule has 1 aliphatic rings. The molecule has 0 fully saturated rings. The topological polar surface area (TPSA) is 62.6 Å². The largest absolute Gasteiger partial charge is 0.490 e. The fraction of sp³-hybridized carbons (Fsp3) is 0.125. The van der Waals surface area contributed by atoms with Crippen LogP contribution in [0.25, 0.3) is 6.08 Å². The first-order valence-corrected chi connectivity index (χ1v) is 3.92. The Labute approximate surface area is 75.6 Å². The van der Waals surface area contributed by atoms with Crippen molar-refractivity contribution in [2.45, 2.75) is 0 Å². The maximum absolute atomic E-state index is 9.01. The third-order valence-electron chi connectivity index (χ3n) is 1.88. The average molecular weight is 177 g/mol. The van der Waals surface area contributed by atoms with Crippen LogP contribution in [0.15, 0.2) is 18.5 Å². The van der Waals surface area contributed by atoms with E-state index >= 15 is 0 Å². The molecule has 1 aromatic rings. The zero-order chi connectivity index (χ0) is 9.26. The van der Waals surface area contributed by atoms with Crippen molar-refractivity contribution in [3.8, 4) is 5.75 Å². The molecule has 0 atom stereocenters. The van der Waals surface area contributed by atoms with E-state index in [-0.39, 0.29) is 0 Å². The molecule has 1 aromatic heterocycles. The molecule has 0 spiro atoms. The number of ether oxygens (including phenoxy) is 1. The highest BCUT2D eigenvalue weighted by Crippen LogP contribution is 2.19. The minimum absolute atomic E-state index is 0.369. The van der Waals surface area contributed by atoms with Crippen LogP contribution in [0, 0.1) is 0 Å². The molecular weight excluding hydrogens is 169 g/mol. The number of fused-ring (bicyclic) bond motifs is 1. The number of hydrogen-bond donors (Lipinski definition) is 2. The van der Waals surface area contributed by atoms with Crippen LogP contribution in [0.1, 0.15) is 5.56 Å². The molecule has 66 valence electrons. The minimum atomic E-state index is -1.51. The first-order valence-electron chi connectivity index (χ1n) is 3.92. The predicted octanol–water partition coefficient (Wildman–Crippen LogP) is -0.833. The van der Waals surface area contributed by atoms with Gasteiger partial charge in [-0.1, -0.05) is 6.08 Å². The third kappa shape index (κ3) is 1.43. The van der Waals surface area contributed by atoms with E-state index in [1.807, 2.05) is 6.08 Å². The SMILES string of the molecule is OB(O)c1cncc2c1C=CCO2. The lowest BCUT2D eigenvalue weighted by molar-refractivity contribution is 0.356. The first-order chi connectivity index (χ1) is 6.29. The Balaban J connectivity index is 2.54. The summed E-state index contributed by atoms with van der Waals surface area (Å²) >= 11 is 0. The summed E-state index contributed by atoms with van der Waals surface area (Å²) in [5.41, 5.74) is 1.06. The average Bonchev–Trinajstić information content (AvgIpc) is 2.17. The third-order valence-corrected chi connectivity index (χ3v) is 1.88. The van der Waals surface area contributed by atoms with Crippen LogP contribution in [0.2, 0.25) is 0 Å². The van der Waals surface area contributed by atoms with Crippen molar-refractivity contribution in [3.63, 3.8) is 0 Å². The molecular formula is C8H8BNO3. The van der Waals surface area contributed by atoms with Gasteiger partial charge < -0.3 is 14.8 Å². The van der Waals surface area contributed by atoms with Gasteiger partial charge in [0.1, 0.15) is 12.4 Å². The second kappa shape index (κ2) is 3.20. The minimum Gasteiger partial charge on any atom is -0.487 e. The molecule has 2 rings (SSSR count). The molecule has 0 bridgehead atoms. The second-order valence-electron chi connectivity index (χ2n) is 2.73. The lowest BCUT2D eigenvalue weighted by Gasteiger charge is -2.14. The van der Waals surface area contributed by atoms with Crippen LogP contribution in [0.3, 0.4) is 0 Å². The molecule has 13 heavy (non-hydrogen) atoms. The summed E-state index contributed by atoms with van der Waals surface area (Å²) in [4.78, 5) is 3.84. The highest BCUT2D eigenvalue weighted by molar-refractivity contribution is 6.59. The molecule has 5 heteroatoms. The van der Waals surface area contributed by atoms with Crippen LogP contribution < -0.4 is 10.2 Å². The van der Waals surface area contributed by atoms with Gasteiger partial charge in [0, 0.05) is 17.2 Å². The van der Waals surface area contributed by atoms with Crippen molar-refractivity contribution in [3.05, 3.63) is 24.0 Å². The van der Waals surface area contributed by atoms with E-state index in [4.69, 9.17) is 14.8 Å². The molecule has 0 unspecified atom stereocenters. The molecule has 0 saturated carbocycles. The van der Waals surface area contributed by atoms with Gasteiger partial charge in [0.05, 0.1) is 6.20 Å². The summed E-state index contributed by atoms with van der Waals surface area (Å²) in [6.07, 6.45) is 6.59. The van der Waals surface area contributed by atoms with Crippen LogP contribution in [-0.2, 0) is 0 Å². The molecule has 0 aliphatic carbocycles. The van der Waals surface area contributed by atoms with Gasteiger partial charge in [-0.3, -0.25) is 4.98 Å². The number of hydrogen-bond acceptors (Lipinski definition) is 4. The lowest BCUT2D eigenvalue weighted by Crippen LogP contribution is -2.33. The number of pyridine rings is 1. The summed E-state index contributed by atoms with van der Waals surface area (Å²) in [5, 5.41) is 18.0. The maximum atomic E-state index is 9.01. The molecule has 0 amide bonds. The first kappa shape index (κ1) is 8.28. The van der Waals surface area contributed by atoms with Gasteiger partial charge in [-0.05, 0) is 6.08 Å². The highest BCUT2D eigenvalue weighted by Gasteiger charge is 2.19. The number of nitrogens with zero attached hydrogens (tertiary/aromatic N) is 1. The fourth-order valence-electron chi connectivity index (χ4n) is 1.27. The van der Waals surface area contributed by atoms with Crippen LogP contribution in [-0.4, -0.2) is 28.8 Å². The molecule has 0 radical (unpaired) electrons. The van der Waals surface area contributed by atoms with Crippen molar-refractivity contribution >= 4 is 18.7 Å². The zero-order valence-electron chi connectivity index (χ0n) is 6.84. The van der Waals surface area contributed by atoms with Gasteiger partial charge in [-0.15, -0.1) is 0 Å². The fourth-order valence-corrected chi connectivity index (χ4v) is 1.27. The van der Waals surface area contributed by atoms with Crippen molar-refractivity contribution < 1.29 is 14.8 Å². The zero-order valence-corrected chi connectivity index (χ0v) is 6.84. The molecule has 0 saturated heterocycles. The standard InChI is InChI=1S/C8H8BNO3/c11-9(12)7-4-10-5-8-6(7)2-1-3-13-8/h1-2,4-5,11-12H,3H2. The highest BCUT2D eigenvalue weighted by atomic mass is 16.5. The molecule has 2 heterocycles. The quantitative estimate of drug-likeness (QED) is 0.549. The summed E-state index contributed by atoms with van der Waals surface area (Å²) in [7, 11) is -1.51. The van der Waals surface area contributed by atoms with Gasteiger partial charge in [0.2, 0.25) is 0 Å². The van der Waals surface area contributed by atoms with Crippen molar-refractivity contribution in [2.75, 3.05) is 6.61 Å². The number of aromatic nitrogens is 1. The Bertz CT molecular complexity index is 351. The van der Waals surface area contributed by atoms with E-state index in [1.54, 1.807) is 12.3 Å². The van der Waals surface area contributed by atoms with E-state index in [9.17, 15) is 0 Å². The summed E-state index contributed by atoms with van der Waals surface area (Å²) < 4.78 is 5.24. The van der Waals surface area contributed by atoms with Crippen LogP contribution in [0.5, 0.6) is 5.75 Å². The number of rotatable bonds is 1. The van der Waals surface area contributed by atoms with E-state index < -0.39 is 7.12 Å². The van der Waals surface area contributed by atoms with Gasteiger partial charge in [0.25, 0.3) is 0 Å². The van der Waals surface area contributed by atoms with E-state index in [0.29, 0.717) is 23.4 Å². The monoisotopic (exact) mass is 177 g/mol. The summed E-state index contributed by atoms with van der Waals surface area (Å²) in [5.74, 6) is 0.591. The van der Waals surface area contributed by atoms with Gasteiger partial charge >= 0.3 is 7.12 Å². The summed E-state index contributed by atoms with van der Waals surface area (Å²) in [6.45, 7) is 0.500. The second-order valence-corrected chi connectivity index (χ2v) is 2.73. The van der Waals surface area contributed by atoms with Crippen LogP contribution in [0.4, 0.5) is 0 Å².